The summed E-state index contributed by atoms with van der Waals surface area (Å²) in [5, 5.41) is 10.4. The third-order valence-electron chi connectivity index (χ3n) is 5.05. The van der Waals surface area contributed by atoms with Crippen molar-refractivity contribution >= 4 is 29.9 Å². The highest BCUT2D eigenvalue weighted by atomic mass is 127. The first kappa shape index (κ1) is 26.3. The monoisotopic (exact) mass is 535 g/mol. The van der Waals surface area contributed by atoms with E-state index in [4.69, 9.17) is 4.52 Å². The summed E-state index contributed by atoms with van der Waals surface area (Å²) in [6.07, 6.45) is 2.02. The van der Waals surface area contributed by atoms with E-state index in [-0.39, 0.29) is 36.1 Å². The van der Waals surface area contributed by atoms with Gasteiger partial charge in [0.15, 0.2) is 11.7 Å². The van der Waals surface area contributed by atoms with E-state index in [9.17, 15) is 8.78 Å². The highest BCUT2D eigenvalue weighted by Crippen LogP contribution is 2.24. The van der Waals surface area contributed by atoms with E-state index in [2.05, 4.69) is 34.6 Å². The van der Waals surface area contributed by atoms with Crippen molar-refractivity contribution in [3.63, 3.8) is 0 Å². The number of rotatable bonds is 9. The largest absolute Gasteiger partial charge is 0.359 e. The predicted octanol–water partition coefficient (Wildman–Crippen LogP) is 4.44. The lowest BCUT2D eigenvalue weighted by molar-refractivity contribution is 0.282. The Kier molecular flexibility index (Phi) is 11.2. The van der Waals surface area contributed by atoms with Gasteiger partial charge in [-0.25, -0.2) is 8.78 Å². The molecule has 2 rings (SSSR count). The summed E-state index contributed by atoms with van der Waals surface area (Å²) >= 11 is 0. The summed E-state index contributed by atoms with van der Waals surface area (Å²) in [5.41, 5.74) is 0.989. The minimum absolute atomic E-state index is 0. The minimum Gasteiger partial charge on any atom is -0.359 e. The summed E-state index contributed by atoms with van der Waals surface area (Å²) in [4.78, 5) is 5.94. The van der Waals surface area contributed by atoms with Crippen LogP contribution in [0.25, 0.3) is 0 Å². The van der Waals surface area contributed by atoms with Gasteiger partial charge in [0.25, 0.3) is 0 Å². The first-order chi connectivity index (χ1) is 13.9. The molecule has 0 radical (unpaired) electrons. The van der Waals surface area contributed by atoms with Crippen molar-refractivity contribution in [3.05, 3.63) is 52.9 Å². The number of aliphatic imine (C=N–C) groups is 1. The van der Waals surface area contributed by atoms with Gasteiger partial charge in [-0.1, -0.05) is 25.1 Å². The van der Waals surface area contributed by atoms with E-state index in [1.54, 1.807) is 26.0 Å². The third-order valence-corrected chi connectivity index (χ3v) is 5.05. The lowest BCUT2D eigenvalue weighted by Crippen LogP contribution is -2.41. The molecule has 1 atom stereocenters. The molecule has 1 heterocycles. The van der Waals surface area contributed by atoms with Gasteiger partial charge in [0.2, 0.25) is 0 Å². The van der Waals surface area contributed by atoms with Gasteiger partial charge >= 0.3 is 0 Å². The number of likely N-dealkylation sites (N-methyl/N-ethyl adjacent to an activating group) is 1. The molecule has 1 unspecified atom stereocenters. The number of halogens is 3. The van der Waals surface area contributed by atoms with Crippen molar-refractivity contribution in [2.75, 3.05) is 27.7 Å². The Labute approximate surface area is 194 Å². The van der Waals surface area contributed by atoms with E-state index in [0.29, 0.717) is 24.2 Å². The van der Waals surface area contributed by atoms with Crippen molar-refractivity contribution in [2.24, 2.45) is 4.99 Å². The van der Waals surface area contributed by atoms with Crippen molar-refractivity contribution in [3.8, 4) is 0 Å². The molecule has 0 fully saturated rings. The molecule has 0 spiro atoms. The maximum absolute atomic E-state index is 14.2. The first-order valence-corrected chi connectivity index (χ1v) is 9.91. The molecular formula is C21H32F2IN5O. The number of nitrogens with zero attached hydrogens (tertiary/aromatic N) is 3. The smallest absolute Gasteiger partial charge is 0.191 e. The van der Waals surface area contributed by atoms with Crippen LogP contribution in [0.4, 0.5) is 8.78 Å². The number of hydrogen-bond donors (Lipinski definition) is 2. The molecule has 6 nitrogen and oxygen atoms in total. The summed E-state index contributed by atoms with van der Waals surface area (Å²) < 4.78 is 33.8. The molecular weight excluding hydrogens is 503 g/mol. The molecule has 0 amide bonds. The van der Waals surface area contributed by atoms with Crippen molar-refractivity contribution in [2.45, 2.75) is 45.2 Å². The average molecular weight is 535 g/mol. The zero-order valence-electron chi connectivity index (χ0n) is 18.2. The molecule has 0 bridgehead atoms. The van der Waals surface area contributed by atoms with Crippen LogP contribution in [-0.4, -0.2) is 43.7 Å². The SMILES string of the molecule is CCC(CC)c1cc(CNC(=NC)NCC(c2c(F)cccc2F)N(C)C)on1.I. The van der Waals surface area contributed by atoms with Crippen LogP contribution in [0.1, 0.15) is 55.7 Å². The molecule has 2 N–H and O–H groups in total. The van der Waals surface area contributed by atoms with Crippen LogP contribution in [0.5, 0.6) is 0 Å². The van der Waals surface area contributed by atoms with Gasteiger partial charge in [-0.2, -0.15) is 0 Å². The minimum atomic E-state index is -0.566. The van der Waals surface area contributed by atoms with E-state index < -0.39 is 17.7 Å². The Morgan fingerprint density at radius 1 is 1.17 bits per heavy atom. The zero-order chi connectivity index (χ0) is 21.4. The van der Waals surface area contributed by atoms with Crippen molar-refractivity contribution < 1.29 is 13.3 Å². The second-order valence-electron chi connectivity index (χ2n) is 7.15. The van der Waals surface area contributed by atoms with Crippen LogP contribution in [-0.2, 0) is 6.54 Å². The maximum Gasteiger partial charge on any atom is 0.191 e. The van der Waals surface area contributed by atoms with Gasteiger partial charge in [0, 0.05) is 31.1 Å². The molecule has 0 aliphatic rings. The molecule has 0 aliphatic heterocycles. The Morgan fingerprint density at radius 3 is 2.33 bits per heavy atom. The fraction of sp³-hybridized carbons (Fsp3) is 0.524. The topological polar surface area (TPSA) is 65.7 Å². The summed E-state index contributed by atoms with van der Waals surface area (Å²) in [6.45, 7) is 4.95. The quantitative estimate of drug-likeness (QED) is 0.283. The number of hydrogen-bond acceptors (Lipinski definition) is 4. The van der Waals surface area contributed by atoms with Crippen LogP contribution < -0.4 is 10.6 Å². The van der Waals surface area contributed by atoms with Crippen LogP contribution in [0.2, 0.25) is 0 Å². The van der Waals surface area contributed by atoms with E-state index in [1.807, 2.05) is 6.07 Å². The standard InChI is InChI=1S/C21H31F2N5O.HI/c1-6-14(7-2)18-11-15(29-27-18)12-25-21(24-3)26-13-19(28(4)5)20-16(22)9-8-10-17(20)23;/h8-11,14,19H,6-7,12-13H2,1-5H3,(H2,24,25,26);1H. The van der Waals surface area contributed by atoms with Crippen LogP contribution >= 0.6 is 24.0 Å². The molecule has 30 heavy (non-hydrogen) atoms. The summed E-state index contributed by atoms with van der Waals surface area (Å²) in [7, 11) is 5.20. The number of guanidine groups is 1. The molecule has 0 saturated heterocycles. The zero-order valence-corrected chi connectivity index (χ0v) is 20.5. The van der Waals surface area contributed by atoms with Crippen LogP contribution in [0.3, 0.4) is 0 Å². The van der Waals surface area contributed by atoms with Crippen LogP contribution in [0, 0.1) is 11.6 Å². The van der Waals surface area contributed by atoms with Crippen LogP contribution in [0.15, 0.2) is 33.8 Å². The normalized spacial score (nSPS) is 12.8. The molecule has 1 aromatic carbocycles. The molecule has 9 heteroatoms. The lowest BCUT2D eigenvalue weighted by atomic mass is 9.99. The fourth-order valence-electron chi connectivity index (χ4n) is 3.27. The Morgan fingerprint density at radius 2 is 1.80 bits per heavy atom. The number of aromatic nitrogens is 1. The molecule has 168 valence electrons. The van der Waals surface area contributed by atoms with E-state index in [0.717, 1.165) is 18.5 Å². The van der Waals surface area contributed by atoms with E-state index >= 15 is 0 Å². The number of benzene rings is 1. The first-order valence-electron chi connectivity index (χ1n) is 9.91. The highest BCUT2D eigenvalue weighted by molar-refractivity contribution is 14.0. The lowest BCUT2D eigenvalue weighted by Gasteiger charge is -2.26. The second kappa shape index (κ2) is 12.8. The summed E-state index contributed by atoms with van der Waals surface area (Å²) in [6, 6.07) is 5.35. The molecule has 1 aromatic heterocycles. The van der Waals surface area contributed by atoms with Gasteiger partial charge in [0.1, 0.15) is 11.6 Å². The van der Waals surface area contributed by atoms with Gasteiger partial charge in [0.05, 0.1) is 18.3 Å². The highest BCUT2D eigenvalue weighted by Gasteiger charge is 2.22. The third kappa shape index (κ3) is 6.90. The average Bonchev–Trinajstić information content (AvgIpc) is 3.15. The Bertz CT molecular complexity index is 788. The maximum atomic E-state index is 14.2. The van der Waals surface area contributed by atoms with Gasteiger partial charge in [-0.3, -0.25) is 4.99 Å². The summed E-state index contributed by atoms with van der Waals surface area (Å²) in [5.74, 6) is 0.475. The molecule has 0 saturated carbocycles. The fourth-order valence-corrected chi connectivity index (χ4v) is 3.27. The van der Waals surface area contributed by atoms with Gasteiger partial charge < -0.3 is 20.1 Å². The van der Waals surface area contributed by atoms with Gasteiger partial charge in [-0.15, -0.1) is 24.0 Å². The van der Waals surface area contributed by atoms with E-state index in [1.165, 1.54) is 18.2 Å². The Hall–Kier alpha value is -1.75. The molecule has 0 aliphatic carbocycles. The Balaban J connectivity index is 0.00000450. The number of nitrogens with one attached hydrogen (secondary N) is 2. The molecule has 2 aromatic rings. The predicted molar refractivity (Wildman–Crippen MR) is 126 cm³/mol. The van der Waals surface area contributed by atoms with Crippen molar-refractivity contribution in [1.82, 2.24) is 20.7 Å². The van der Waals surface area contributed by atoms with Gasteiger partial charge in [-0.05, 0) is 39.1 Å². The van der Waals surface area contributed by atoms with Crippen molar-refractivity contribution in [1.29, 1.82) is 0 Å². The second-order valence-corrected chi connectivity index (χ2v) is 7.15.